The molecule has 0 saturated carbocycles. The Labute approximate surface area is 130 Å². The maximum Gasteiger partial charge on any atom is 0.410 e. The Morgan fingerprint density at radius 1 is 1.18 bits per heavy atom. The van der Waals surface area contributed by atoms with E-state index in [2.05, 4.69) is 0 Å². The van der Waals surface area contributed by atoms with Crippen LogP contribution in [0.25, 0.3) is 0 Å². The molecule has 1 aliphatic rings. The van der Waals surface area contributed by atoms with Crippen LogP contribution in [0.3, 0.4) is 0 Å². The number of carbonyl (C=O) groups excluding carboxylic acids is 3. The Kier molecular flexibility index (Phi) is 5.79. The molecule has 7 nitrogen and oxygen atoms in total. The molecule has 0 N–H and O–H groups in total. The Bertz CT molecular complexity index is 442. The van der Waals surface area contributed by atoms with Crippen LogP contribution in [-0.2, 0) is 23.8 Å². The highest BCUT2D eigenvalue weighted by atomic mass is 16.6. The monoisotopic (exact) mass is 315 g/mol. The third-order valence-electron chi connectivity index (χ3n) is 3.39. The zero-order valence-electron chi connectivity index (χ0n) is 13.9. The summed E-state index contributed by atoms with van der Waals surface area (Å²) in [6.45, 7) is 7.43. The predicted molar refractivity (Wildman–Crippen MR) is 78.1 cm³/mol. The van der Waals surface area contributed by atoms with Crippen molar-refractivity contribution < 1.29 is 28.6 Å². The molecule has 1 atom stereocenters. The molecular formula is C15H25NO6. The molecule has 126 valence electrons. The van der Waals surface area contributed by atoms with E-state index in [0.29, 0.717) is 13.0 Å². The van der Waals surface area contributed by atoms with Gasteiger partial charge in [0.1, 0.15) is 5.60 Å². The molecule has 0 spiro atoms. The Morgan fingerprint density at radius 3 is 2.32 bits per heavy atom. The number of piperidine rings is 1. The maximum atomic E-state index is 12.3. The van der Waals surface area contributed by atoms with E-state index >= 15 is 0 Å². The minimum absolute atomic E-state index is 0.0899. The number of carbonyl (C=O) groups is 3. The number of ether oxygens (including phenoxy) is 3. The highest BCUT2D eigenvalue weighted by Crippen LogP contribution is 2.33. The molecule has 1 unspecified atom stereocenters. The maximum absolute atomic E-state index is 12.3. The lowest BCUT2D eigenvalue weighted by molar-refractivity contribution is -0.174. The molecule has 22 heavy (non-hydrogen) atoms. The van der Waals surface area contributed by atoms with Crippen molar-refractivity contribution in [3.8, 4) is 0 Å². The zero-order valence-corrected chi connectivity index (χ0v) is 13.9. The van der Waals surface area contributed by atoms with Crippen LogP contribution in [0.2, 0.25) is 0 Å². The van der Waals surface area contributed by atoms with Gasteiger partial charge in [-0.3, -0.25) is 9.59 Å². The number of esters is 2. The first-order valence-corrected chi connectivity index (χ1v) is 7.40. The molecular weight excluding hydrogens is 290 g/mol. The zero-order chi connectivity index (χ0) is 17.0. The van der Waals surface area contributed by atoms with Gasteiger partial charge in [-0.1, -0.05) is 0 Å². The standard InChI is InChI=1S/C15H25NO6/c1-6-21-12(18)15(11(17)20-5)8-7-9-16(10-15)13(19)22-14(2,3)4/h6-10H2,1-5H3. The molecule has 0 radical (unpaired) electrons. The highest BCUT2D eigenvalue weighted by Gasteiger charge is 2.52. The van der Waals surface area contributed by atoms with Crippen molar-refractivity contribution >= 4 is 18.0 Å². The third-order valence-corrected chi connectivity index (χ3v) is 3.39. The van der Waals surface area contributed by atoms with Crippen molar-refractivity contribution in [1.82, 2.24) is 4.90 Å². The first kappa shape index (κ1) is 18.3. The van der Waals surface area contributed by atoms with Crippen molar-refractivity contribution in [2.24, 2.45) is 5.41 Å². The van der Waals surface area contributed by atoms with Gasteiger partial charge < -0.3 is 19.1 Å². The Morgan fingerprint density at radius 2 is 1.82 bits per heavy atom. The summed E-state index contributed by atoms with van der Waals surface area (Å²) in [6, 6.07) is 0. The van der Waals surface area contributed by atoms with E-state index in [1.807, 2.05) is 0 Å². The second-order valence-corrected chi connectivity index (χ2v) is 6.30. The van der Waals surface area contributed by atoms with E-state index in [4.69, 9.17) is 14.2 Å². The van der Waals surface area contributed by atoms with E-state index in [1.54, 1.807) is 27.7 Å². The second kappa shape index (κ2) is 6.98. The smallest absolute Gasteiger partial charge is 0.410 e. The number of rotatable bonds is 3. The molecule has 0 bridgehead atoms. The largest absolute Gasteiger partial charge is 0.468 e. The third kappa shape index (κ3) is 4.11. The molecule has 1 rings (SSSR count). The van der Waals surface area contributed by atoms with Crippen molar-refractivity contribution in [2.45, 2.75) is 46.1 Å². The number of hydrogen-bond acceptors (Lipinski definition) is 6. The van der Waals surface area contributed by atoms with E-state index in [0.717, 1.165) is 0 Å². The second-order valence-electron chi connectivity index (χ2n) is 6.30. The average molecular weight is 315 g/mol. The lowest BCUT2D eigenvalue weighted by Crippen LogP contribution is -2.55. The van der Waals surface area contributed by atoms with Gasteiger partial charge in [0, 0.05) is 6.54 Å². The predicted octanol–water partition coefficient (Wildman–Crippen LogP) is 1.74. The summed E-state index contributed by atoms with van der Waals surface area (Å²) in [5.41, 5.74) is -2.12. The number of nitrogens with zero attached hydrogens (tertiary/aromatic N) is 1. The summed E-state index contributed by atoms with van der Waals surface area (Å²) in [5.74, 6) is -1.34. The first-order chi connectivity index (χ1) is 10.2. The Balaban J connectivity index is 2.97. The van der Waals surface area contributed by atoms with Gasteiger partial charge in [0.15, 0.2) is 5.41 Å². The summed E-state index contributed by atoms with van der Waals surface area (Å²) < 4.78 is 15.1. The quantitative estimate of drug-likeness (QED) is 0.448. The van der Waals surface area contributed by atoms with Crippen molar-refractivity contribution in [3.05, 3.63) is 0 Å². The van der Waals surface area contributed by atoms with Gasteiger partial charge >= 0.3 is 18.0 Å². The van der Waals surface area contributed by atoms with E-state index in [1.165, 1.54) is 12.0 Å². The number of amides is 1. The Hall–Kier alpha value is -1.79. The first-order valence-electron chi connectivity index (χ1n) is 7.40. The van der Waals surface area contributed by atoms with E-state index < -0.39 is 29.0 Å². The summed E-state index contributed by atoms with van der Waals surface area (Å²) >= 11 is 0. The van der Waals surface area contributed by atoms with Crippen LogP contribution in [-0.4, -0.2) is 55.3 Å². The van der Waals surface area contributed by atoms with Crippen LogP contribution in [0.1, 0.15) is 40.5 Å². The fourth-order valence-electron chi connectivity index (χ4n) is 2.42. The SMILES string of the molecule is CCOC(=O)C1(C(=O)OC)CCCN(C(=O)OC(C)(C)C)C1. The van der Waals surface area contributed by atoms with E-state index in [9.17, 15) is 14.4 Å². The summed E-state index contributed by atoms with van der Waals surface area (Å²) in [5, 5.41) is 0. The lowest BCUT2D eigenvalue weighted by atomic mass is 9.80. The minimum Gasteiger partial charge on any atom is -0.468 e. The molecule has 0 aliphatic carbocycles. The molecule has 1 fully saturated rings. The molecule has 1 heterocycles. The fraction of sp³-hybridized carbons (Fsp3) is 0.800. The average Bonchev–Trinajstić information content (AvgIpc) is 2.44. The topological polar surface area (TPSA) is 82.1 Å². The highest BCUT2D eigenvalue weighted by molar-refractivity contribution is 6.00. The lowest BCUT2D eigenvalue weighted by Gasteiger charge is -2.39. The number of hydrogen-bond donors (Lipinski definition) is 0. The molecule has 1 saturated heterocycles. The van der Waals surface area contributed by atoms with Crippen LogP contribution in [0.4, 0.5) is 4.79 Å². The van der Waals surface area contributed by atoms with Crippen LogP contribution in [0, 0.1) is 5.41 Å². The van der Waals surface area contributed by atoms with Crippen LogP contribution in [0.5, 0.6) is 0 Å². The normalized spacial score (nSPS) is 22.0. The van der Waals surface area contributed by atoms with Gasteiger partial charge in [-0.25, -0.2) is 4.79 Å². The van der Waals surface area contributed by atoms with Crippen LogP contribution >= 0.6 is 0 Å². The van der Waals surface area contributed by atoms with Crippen molar-refractivity contribution in [1.29, 1.82) is 0 Å². The van der Waals surface area contributed by atoms with Gasteiger partial charge in [0.05, 0.1) is 20.3 Å². The van der Waals surface area contributed by atoms with Gasteiger partial charge in [0.2, 0.25) is 0 Å². The van der Waals surface area contributed by atoms with Crippen molar-refractivity contribution in [2.75, 3.05) is 26.8 Å². The van der Waals surface area contributed by atoms with Crippen LogP contribution in [0.15, 0.2) is 0 Å². The fourth-order valence-corrected chi connectivity index (χ4v) is 2.42. The molecule has 0 aromatic rings. The number of likely N-dealkylation sites (tertiary alicyclic amines) is 1. The van der Waals surface area contributed by atoms with Gasteiger partial charge in [-0.15, -0.1) is 0 Å². The molecule has 1 aliphatic heterocycles. The summed E-state index contributed by atoms with van der Waals surface area (Å²) in [7, 11) is 1.22. The van der Waals surface area contributed by atoms with E-state index in [-0.39, 0.29) is 19.6 Å². The minimum atomic E-state index is -1.47. The molecule has 1 amide bonds. The molecule has 7 heteroatoms. The number of methoxy groups -OCH3 is 1. The van der Waals surface area contributed by atoms with Gasteiger partial charge in [0.25, 0.3) is 0 Å². The summed E-state index contributed by atoms with van der Waals surface area (Å²) in [6.07, 6.45) is 0.232. The molecule has 0 aromatic heterocycles. The van der Waals surface area contributed by atoms with Gasteiger partial charge in [-0.05, 0) is 40.5 Å². The van der Waals surface area contributed by atoms with Crippen LogP contribution < -0.4 is 0 Å². The van der Waals surface area contributed by atoms with Crippen molar-refractivity contribution in [3.63, 3.8) is 0 Å². The summed E-state index contributed by atoms with van der Waals surface area (Å²) in [4.78, 5) is 38.0. The van der Waals surface area contributed by atoms with Gasteiger partial charge in [-0.2, -0.15) is 0 Å². The molecule has 0 aromatic carbocycles.